The molecule has 0 fully saturated rings. The van der Waals surface area contributed by atoms with E-state index in [4.69, 9.17) is 23.2 Å². The minimum Gasteiger partial charge on any atom is -0.352 e. The zero-order valence-corrected chi connectivity index (χ0v) is 24.1. The number of benzene rings is 3. The number of halogens is 3. The van der Waals surface area contributed by atoms with Crippen LogP contribution in [0.4, 0.5) is 10.1 Å². The zero-order chi connectivity index (χ0) is 28.7. The fraction of sp³-hybridized carbons (Fsp3) is 0.286. The van der Waals surface area contributed by atoms with Crippen molar-refractivity contribution in [1.82, 2.24) is 10.2 Å². The van der Waals surface area contributed by atoms with E-state index in [-0.39, 0.29) is 23.2 Å². The molecule has 2 atom stereocenters. The van der Waals surface area contributed by atoms with Gasteiger partial charge in [-0.2, -0.15) is 0 Å². The molecule has 2 amide bonds. The molecule has 0 saturated heterocycles. The lowest BCUT2D eigenvalue weighted by atomic mass is 10.1. The molecule has 0 aliphatic carbocycles. The summed E-state index contributed by atoms with van der Waals surface area (Å²) < 4.78 is 41.8. The first kappa shape index (κ1) is 30.4. The molecule has 3 aromatic carbocycles. The van der Waals surface area contributed by atoms with E-state index in [1.807, 2.05) is 13.8 Å². The van der Waals surface area contributed by atoms with Gasteiger partial charge in [0.05, 0.1) is 10.6 Å². The Balaban J connectivity index is 2.02. The lowest BCUT2D eigenvalue weighted by Crippen LogP contribution is -2.52. The Bertz CT molecular complexity index is 1410. The maximum atomic E-state index is 13.9. The minimum absolute atomic E-state index is 0.0663. The average molecular weight is 595 g/mol. The number of sulfonamides is 1. The number of nitrogens with one attached hydrogen (secondary N) is 1. The second-order valence-corrected chi connectivity index (χ2v) is 11.8. The van der Waals surface area contributed by atoms with Gasteiger partial charge in [-0.25, -0.2) is 12.8 Å². The summed E-state index contributed by atoms with van der Waals surface area (Å²) in [5.41, 5.74) is 0.765. The molecule has 3 rings (SSSR count). The highest BCUT2D eigenvalue weighted by Gasteiger charge is 2.33. The normalized spacial score (nSPS) is 12.9. The number of para-hydroxylation sites is 1. The van der Waals surface area contributed by atoms with Crippen molar-refractivity contribution in [3.63, 3.8) is 0 Å². The summed E-state index contributed by atoms with van der Waals surface area (Å²) in [5.74, 6) is -1.62. The highest BCUT2D eigenvalue weighted by Crippen LogP contribution is 2.26. The van der Waals surface area contributed by atoms with Crippen molar-refractivity contribution >= 4 is 50.7 Å². The van der Waals surface area contributed by atoms with E-state index in [0.29, 0.717) is 22.0 Å². The number of carbonyl (C=O) groups is 2. The molecule has 0 aliphatic heterocycles. The van der Waals surface area contributed by atoms with Gasteiger partial charge in [0.15, 0.2) is 0 Å². The molecular weight excluding hydrogens is 564 g/mol. The molecule has 0 aromatic heterocycles. The van der Waals surface area contributed by atoms with Crippen molar-refractivity contribution in [2.24, 2.45) is 0 Å². The monoisotopic (exact) mass is 593 g/mol. The van der Waals surface area contributed by atoms with Crippen LogP contribution in [0.3, 0.4) is 0 Å². The van der Waals surface area contributed by atoms with E-state index < -0.39 is 40.2 Å². The summed E-state index contributed by atoms with van der Waals surface area (Å²) >= 11 is 12.4. The maximum Gasteiger partial charge on any atom is 0.264 e. The van der Waals surface area contributed by atoms with E-state index in [1.54, 1.807) is 49.4 Å². The molecular formula is C28H30Cl2FN3O4S. The second-order valence-electron chi connectivity index (χ2n) is 9.05. The summed E-state index contributed by atoms with van der Waals surface area (Å²) in [6, 6.07) is 16.1. The molecule has 0 spiro atoms. The van der Waals surface area contributed by atoms with Crippen molar-refractivity contribution in [1.29, 1.82) is 0 Å². The molecule has 1 N–H and O–H groups in total. The Hall–Kier alpha value is -3.14. The summed E-state index contributed by atoms with van der Waals surface area (Å²) in [6.07, 6.45) is 0.688. The first-order chi connectivity index (χ1) is 18.4. The van der Waals surface area contributed by atoms with Gasteiger partial charge in [-0.15, -0.1) is 0 Å². The molecule has 0 aliphatic rings. The van der Waals surface area contributed by atoms with Crippen LogP contribution in [0.5, 0.6) is 0 Å². The van der Waals surface area contributed by atoms with Crippen LogP contribution in [0, 0.1) is 5.82 Å². The van der Waals surface area contributed by atoms with E-state index in [0.717, 1.165) is 28.6 Å². The van der Waals surface area contributed by atoms with Crippen molar-refractivity contribution in [3.8, 4) is 0 Å². The van der Waals surface area contributed by atoms with Gasteiger partial charge in [-0.05, 0) is 74.4 Å². The number of anilines is 1. The van der Waals surface area contributed by atoms with Crippen molar-refractivity contribution in [3.05, 3.63) is 94.2 Å². The molecule has 39 heavy (non-hydrogen) atoms. The molecule has 7 nitrogen and oxygen atoms in total. The van der Waals surface area contributed by atoms with Crippen LogP contribution >= 0.6 is 23.2 Å². The van der Waals surface area contributed by atoms with Crippen LogP contribution in [-0.2, 0) is 26.2 Å². The Kier molecular flexibility index (Phi) is 10.4. The predicted molar refractivity (Wildman–Crippen MR) is 152 cm³/mol. The van der Waals surface area contributed by atoms with E-state index in [1.165, 1.54) is 11.0 Å². The van der Waals surface area contributed by atoms with E-state index >= 15 is 0 Å². The van der Waals surface area contributed by atoms with Crippen molar-refractivity contribution < 1.29 is 22.4 Å². The van der Waals surface area contributed by atoms with Crippen LogP contribution in [0.15, 0.2) is 77.7 Å². The molecule has 0 unspecified atom stereocenters. The summed E-state index contributed by atoms with van der Waals surface area (Å²) in [7, 11) is -4.28. The van der Waals surface area contributed by atoms with Gasteiger partial charge in [0.25, 0.3) is 10.0 Å². The van der Waals surface area contributed by atoms with Gasteiger partial charge < -0.3 is 10.2 Å². The van der Waals surface area contributed by atoms with Crippen LogP contribution in [-0.4, -0.2) is 43.8 Å². The number of nitrogens with zero attached hydrogens (tertiary/aromatic N) is 2. The maximum absolute atomic E-state index is 13.9. The topological polar surface area (TPSA) is 86.8 Å². The van der Waals surface area contributed by atoms with Gasteiger partial charge >= 0.3 is 0 Å². The SMILES string of the molecule is CC[C@H](C)NC(=O)[C@@H](C)N(Cc1ccc(Cl)cc1Cl)C(=O)CN(c1ccccc1)S(=O)(=O)c1ccc(F)cc1. The summed E-state index contributed by atoms with van der Waals surface area (Å²) in [6.45, 7) is 4.66. The number of rotatable bonds is 11. The van der Waals surface area contributed by atoms with E-state index in [2.05, 4.69) is 5.32 Å². The number of hydrogen-bond acceptors (Lipinski definition) is 4. The lowest BCUT2D eigenvalue weighted by molar-refractivity contribution is -0.139. The van der Waals surface area contributed by atoms with E-state index in [9.17, 15) is 22.4 Å². The Labute approximate surface area is 238 Å². The van der Waals surface area contributed by atoms with Gasteiger partial charge in [0.1, 0.15) is 18.4 Å². The second kappa shape index (κ2) is 13.3. The third kappa shape index (κ3) is 7.71. The standard InChI is InChI=1S/C28H30Cl2FN3O4S/c1-4-19(2)32-28(36)20(3)33(17-21-10-11-22(29)16-26(21)30)27(35)18-34(24-8-6-5-7-9-24)39(37,38)25-14-12-23(31)13-15-25/h5-16,19-20H,4,17-18H2,1-3H3,(H,32,36)/t19-,20+/m0/s1. The predicted octanol–water partition coefficient (Wildman–Crippen LogP) is 5.66. The van der Waals surface area contributed by atoms with Gasteiger partial charge in [-0.3, -0.25) is 13.9 Å². The quantitative estimate of drug-likeness (QED) is 0.311. The number of amides is 2. The van der Waals surface area contributed by atoms with Gasteiger partial charge in [-0.1, -0.05) is 54.4 Å². The Morgan fingerprint density at radius 2 is 1.62 bits per heavy atom. The molecule has 208 valence electrons. The smallest absolute Gasteiger partial charge is 0.264 e. The van der Waals surface area contributed by atoms with Gasteiger partial charge in [0.2, 0.25) is 11.8 Å². The minimum atomic E-state index is -4.28. The van der Waals surface area contributed by atoms with Crippen LogP contribution in [0.25, 0.3) is 0 Å². The third-order valence-corrected chi connectivity index (χ3v) is 8.62. The van der Waals surface area contributed by atoms with Crippen molar-refractivity contribution in [2.45, 2.75) is 50.7 Å². The Morgan fingerprint density at radius 3 is 2.21 bits per heavy atom. The largest absolute Gasteiger partial charge is 0.352 e. The molecule has 0 saturated carbocycles. The summed E-state index contributed by atoms with van der Waals surface area (Å²) in [4.78, 5) is 28.0. The molecule has 0 bridgehead atoms. The van der Waals surface area contributed by atoms with Gasteiger partial charge in [0, 0.05) is 22.6 Å². The average Bonchev–Trinajstić information content (AvgIpc) is 2.91. The van der Waals surface area contributed by atoms with Crippen LogP contribution < -0.4 is 9.62 Å². The van der Waals surface area contributed by atoms with Crippen LogP contribution in [0.2, 0.25) is 10.0 Å². The molecule has 3 aromatic rings. The number of carbonyl (C=O) groups excluding carboxylic acids is 2. The van der Waals surface area contributed by atoms with Crippen LogP contribution in [0.1, 0.15) is 32.8 Å². The van der Waals surface area contributed by atoms with Crippen molar-refractivity contribution in [2.75, 3.05) is 10.8 Å². The molecule has 0 radical (unpaired) electrons. The summed E-state index contributed by atoms with van der Waals surface area (Å²) in [5, 5.41) is 3.57. The lowest BCUT2D eigenvalue weighted by Gasteiger charge is -2.32. The fourth-order valence-electron chi connectivity index (χ4n) is 3.74. The zero-order valence-electron chi connectivity index (χ0n) is 21.8. The first-order valence-corrected chi connectivity index (χ1v) is 14.5. The Morgan fingerprint density at radius 1 is 0.974 bits per heavy atom. The fourth-order valence-corrected chi connectivity index (χ4v) is 5.62. The third-order valence-electron chi connectivity index (χ3n) is 6.25. The molecule has 0 heterocycles. The molecule has 11 heteroatoms. The number of hydrogen-bond donors (Lipinski definition) is 1. The first-order valence-electron chi connectivity index (χ1n) is 12.3. The highest BCUT2D eigenvalue weighted by molar-refractivity contribution is 7.92. The highest BCUT2D eigenvalue weighted by atomic mass is 35.5.